The molecule has 0 bridgehead atoms. The molecule has 0 unspecified atom stereocenters. The van der Waals surface area contributed by atoms with Crippen LogP contribution >= 0.6 is 11.3 Å². The van der Waals surface area contributed by atoms with Crippen LogP contribution in [0, 0.1) is 20.8 Å². The zero-order chi connectivity index (χ0) is 18.2. The summed E-state index contributed by atoms with van der Waals surface area (Å²) in [6.45, 7) is 10.2. The number of thiophene rings is 1. The Balaban J connectivity index is 2.63. The number of aromatic nitrogens is 2. The van der Waals surface area contributed by atoms with Crippen LogP contribution in [0.15, 0.2) is 0 Å². The second-order valence-corrected chi connectivity index (χ2v) is 7.72. The van der Waals surface area contributed by atoms with E-state index in [2.05, 4.69) is 9.97 Å². The summed E-state index contributed by atoms with van der Waals surface area (Å²) in [6.07, 6.45) is -0.743. The van der Waals surface area contributed by atoms with Gasteiger partial charge >= 0.3 is 12.1 Å². The van der Waals surface area contributed by atoms with E-state index in [0.29, 0.717) is 11.2 Å². The molecule has 0 saturated heterocycles. The van der Waals surface area contributed by atoms with Crippen molar-refractivity contribution in [2.45, 2.75) is 47.1 Å². The van der Waals surface area contributed by atoms with Crippen molar-refractivity contribution < 1.29 is 19.4 Å². The minimum atomic E-state index is -1.14. The summed E-state index contributed by atoms with van der Waals surface area (Å²) in [4.78, 5) is 35.4. The molecule has 24 heavy (non-hydrogen) atoms. The topological polar surface area (TPSA) is 92.6 Å². The van der Waals surface area contributed by atoms with Crippen LogP contribution in [-0.2, 0) is 9.53 Å². The van der Waals surface area contributed by atoms with Crippen LogP contribution in [-0.4, -0.2) is 39.3 Å². The van der Waals surface area contributed by atoms with Crippen molar-refractivity contribution in [2.24, 2.45) is 0 Å². The fourth-order valence-electron chi connectivity index (χ4n) is 2.21. The van der Waals surface area contributed by atoms with E-state index in [1.807, 2.05) is 13.8 Å². The molecule has 2 aromatic heterocycles. The molecular weight excluding hydrogens is 330 g/mol. The van der Waals surface area contributed by atoms with E-state index in [1.54, 1.807) is 27.7 Å². The lowest BCUT2D eigenvalue weighted by atomic mass is 10.2. The molecule has 130 valence electrons. The Kier molecular flexibility index (Phi) is 4.80. The Bertz CT molecular complexity index is 808. The van der Waals surface area contributed by atoms with E-state index >= 15 is 0 Å². The van der Waals surface area contributed by atoms with Gasteiger partial charge in [0, 0.05) is 4.88 Å². The van der Waals surface area contributed by atoms with Gasteiger partial charge in [-0.1, -0.05) is 0 Å². The number of amides is 1. The highest BCUT2D eigenvalue weighted by atomic mass is 32.1. The average Bonchev–Trinajstić information content (AvgIpc) is 2.68. The standard InChI is InChI=1S/C16H21N3O4S/c1-8-9(2)24-14-12(8)13(17-10(3)18-14)19(7-11(20)21)15(22)23-16(4,5)6/h7H2,1-6H3,(H,20,21). The summed E-state index contributed by atoms with van der Waals surface area (Å²) in [7, 11) is 0. The summed E-state index contributed by atoms with van der Waals surface area (Å²) in [6, 6.07) is 0. The van der Waals surface area contributed by atoms with Gasteiger partial charge in [0.1, 0.15) is 22.8 Å². The van der Waals surface area contributed by atoms with Gasteiger partial charge in [-0.3, -0.25) is 4.79 Å². The van der Waals surface area contributed by atoms with E-state index in [9.17, 15) is 14.7 Å². The number of hydrogen-bond acceptors (Lipinski definition) is 6. The summed E-state index contributed by atoms with van der Waals surface area (Å²) >= 11 is 1.49. The highest BCUT2D eigenvalue weighted by Gasteiger charge is 2.29. The van der Waals surface area contributed by atoms with Crippen molar-refractivity contribution in [3.63, 3.8) is 0 Å². The Morgan fingerprint density at radius 3 is 2.38 bits per heavy atom. The molecule has 0 aliphatic rings. The largest absolute Gasteiger partial charge is 0.480 e. The number of hydrogen-bond donors (Lipinski definition) is 1. The molecule has 0 aliphatic carbocycles. The second-order valence-electron chi connectivity index (χ2n) is 6.52. The first-order valence-corrected chi connectivity index (χ1v) is 8.28. The molecule has 0 radical (unpaired) electrons. The molecule has 0 saturated carbocycles. The number of rotatable bonds is 3. The van der Waals surface area contributed by atoms with Crippen molar-refractivity contribution in [3.05, 3.63) is 16.3 Å². The van der Waals surface area contributed by atoms with Crippen molar-refractivity contribution >= 4 is 39.4 Å². The van der Waals surface area contributed by atoms with E-state index in [-0.39, 0.29) is 5.82 Å². The lowest BCUT2D eigenvalue weighted by Gasteiger charge is -2.26. The number of carbonyl (C=O) groups is 2. The maximum Gasteiger partial charge on any atom is 0.416 e. The zero-order valence-electron chi connectivity index (χ0n) is 14.6. The Labute approximate surface area is 144 Å². The first-order chi connectivity index (χ1) is 11.0. The SMILES string of the molecule is Cc1nc(N(CC(=O)O)C(=O)OC(C)(C)C)c2c(C)c(C)sc2n1. The third kappa shape index (κ3) is 3.81. The molecule has 8 heteroatoms. The molecule has 2 aromatic rings. The number of ether oxygens (including phenoxy) is 1. The van der Waals surface area contributed by atoms with Gasteiger partial charge in [-0.05, 0) is 47.1 Å². The highest BCUT2D eigenvalue weighted by Crippen LogP contribution is 2.35. The lowest BCUT2D eigenvalue weighted by Crippen LogP contribution is -2.40. The maximum atomic E-state index is 12.6. The summed E-state index contributed by atoms with van der Waals surface area (Å²) in [5.41, 5.74) is 0.193. The van der Waals surface area contributed by atoms with Crippen LogP contribution < -0.4 is 4.90 Å². The van der Waals surface area contributed by atoms with Gasteiger partial charge in [-0.25, -0.2) is 19.7 Å². The van der Waals surface area contributed by atoms with Gasteiger partial charge in [0.25, 0.3) is 0 Å². The summed E-state index contributed by atoms with van der Waals surface area (Å²) < 4.78 is 5.36. The molecular formula is C16H21N3O4S. The third-order valence-electron chi connectivity index (χ3n) is 3.28. The van der Waals surface area contributed by atoms with Gasteiger partial charge in [-0.2, -0.15) is 0 Å². The predicted molar refractivity (Wildman–Crippen MR) is 92.8 cm³/mol. The third-order valence-corrected chi connectivity index (χ3v) is 4.39. The Hall–Kier alpha value is -2.22. The number of aliphatic carboxylic acids is 1. The van der Waals surface area contributed by atoms with Crippen molar-refractivity contribution in [2.75, 3.05) is 11.4 Å². The highest BCUT2D eigenvalue weighted by molar-refractivity contribution is 7.18. The molecule has 1 amide bonds. The molecule has 0 spiro atoms. The number of nitrogens with zero attached hydrogens (tertiary/aromatic N) is 3. The summed E-state index contributed by atoms with van der Waals surface area (Å²) in [5.74, 6) is -0.399. The molecule has 1 N–H and O–H groups in total. The number of carboxylic acids is 1. The van der Waals surface area contributed by atoms with Crippen LogP contribution in [0.1, 0.15) is 37.0 Å². The normalized spacial score (nSPS) is 11.6. The van der Waals surface area contributed by atoms with Crippen molar-refractivity contribution in [3.8, 4) is 0 Å². The quantitative estimate of drug-likeness (QED) is 0.910. The Morgan fingerprint density at radius 1 is 1.21 bits per heavy atom. The fourth-order valence-corrected chi connectivity index (χ4v) is 3.28. The van der Waals surface area contributed by atoms with E-state index < -0.39 is 24.2 Å². The smallest absolute Gasteiger partial charge is 0.416 e. The van der Waals surface area contributed by atoms with E-state index in [0.717, 1.165) is 20.2 Å². The molecule has 0 atom stereocenters. The van der Waals surface area contributed by atoms with Crippen molar-refractivity contribution in [1.29, 1.82) is 0 Å². The van der Waals surface area contributed by atoms with Gasteiger partial charge in [-0.15, -0.1) is 11.3 Å². The van der Waals surface area contributed by atoms with Crippen LogP contribution in [0.2, 0.25) is 0 Å². The molecule has 7 nitrogen and oxygen atoms in total. The number of anilines is 1. The second kappa shape index (κ2) is 6.35. The van der Waals surface area contributed by atoms with Crippen LogP contribution in [0.25, 0.3) is 10.2 Å². The van der Waals surface area contributed by atoms with Gasteiger partial charge in [0.15, 0.2) is 5.82 Å². The minimum Gasteiger partial charge on any atom is -0.480 e. The summed E-state index contributed by atoms with van der Waals surface area (Å²) in [5, 5.41) is 9.91. The average molecular weight is 351 g/mol. The monoisotopic (exact) mass is 351 g/mol. The molecule has 2 heterocycles. The number of carboxylic acid groups (broad SMARTS) is 1. The van der Waals surface area contributed by atoms with Gasteiger partial charge in [0.05, 0.1) is 5.39 Å². The molecule has 0 aromatic carbocycles. The van der Waals surface area contributed by atoms with Gasteiger partial charge < -0.3 is 9.84 Å². The Morgan fingerprint density at radius 2 is 1.83 bits per heavy atom. The van der Waals surface area contributed by atoms with E-state index in [4.69, 9.17) is 4.74 Å². The van der Waals surface area contributed by atoms with E-state index in [1.165, 1.54) is 11.3 Å². The minimum absolute atomic E-state index is 0.274. The lowest BCUT2D eigenvalue weighted by molar-refractivity contribution is -0.135. The molecule has 0 fully saturated rings. The predicted octanol–water partition coefficient (Wildman–Crippen LogP) is 3.44. The first kappa shape index (κ1) is 18.1. The van der Waals surface area contributed by atoms with Crippen LogP contribution in [0.3, 0.4) is 0 Å². The first-order valence-electron chi connectivity index (χ1n) is 7.46. The van der Waals surface area contributed by atoms with Crippen molar-refractivity contribution in [1.82, 2.24) is 9.97 Å². The fraction of sp³-hybridized carbons (Fsp3) is 0.500. The number of aryl methyl sites for hydroxylation is 3. The van der Waals surface area contributed by atoms with Crippen LogP contribution in [0.5, 0.6) is 0 Å². The van der Waals surface area contributed by atoms with Crippen LogP contribution in [0.4, 0.5) is 10.6 Å². The molecule has 2 rings (SSSR count). The molecule has 0 aliphatic heterocycles. The van der Waals surface area contributed by atoms with Gasteiger partial charge in [0.2, 0.25) is 0 Å². The number of fused-ring (bicyclic) bond motifs is 1. The zero-order valence-corrected chi connectivity index (χ0v) is 15.4. The maximum absolute atomic E-state index is 12.6. The number of carbonyl (C=O) groups excluding carboxylic acids is 1.